The Labute approximate surface area is 159 Å². The number of pyridine rings is 1. The van der Waals surface area contributed by atoms with Crippen LogP contribution in [0.1, 0.15) is 27.2 Å². The summed E-state index contributed by atoms with van der Waals surface area (Å²) < 4.78 is 2.14. The van der Waals surface area contributed by atoms with Crippen molar-refractivity contribution in [2.45, 2.75) is 6.54 Å². The number of hydrogen-bond acceptors (Lipinski definition) is 2. The number of hydrogen-bond donors (Lipinski definition) is 1. The zero-order valence-electron chi connectivity index (χ0n) is 15.5. The van der Waals surface area contributed by atoms with Gasteiger partial charge in [0.2, 0.25) is 5.69 Å². The van der Waals surface area contributed by atoms with E-state index in [4.69, 9.17) is 5.11 Å². The van der Waals surface area contributed by atoms with Crippen molar-refractivity contribution in [1.82, 2.24) is 0 Å². The largest absolute Gasteiger partial charge is 0.478 e. The van der Waals surface area contributed by atoms with E-state index in [9.17, 15) is 4.79 Å². The topological polar surface area (TPSA) is 44.4 Å². The van der Waals surface area contributed by atoms with Crippen molar-refractivity contribution in [2.24, 2.45) is 0 Å². The van der Waals surface area contributed by atoms with Crippen LogP contribution in [0.3, 0.4) is 0 Å². The Morgan fingerprint density at radius 2 is 1.67 bits per heavy atom. The number of carboxylic acid groups (broad SMARTS) is 1. The molecule has 0 aliphatic carbocycles. The van der Waals surface area contributed by atoms with Crippen molar-refractivity contribution in [1.29, 1.82) is 0 Å². The summed E-state index contributed by atoms with van der Waals surface area (Å²) in [6, 6.07) is 21.5. The summed E-state index contributed by atoms with van der Waals surface area (Å²) in [6.07, 6.45) is 6.22. The van der Waals surface area contributed by atoms with E-state index in [1.807, 2.05) is 44.6 Å². The van der Waals surface area contributed by atoms with Gasteiger partial charge in [-0.15, -0.1) is 0 Å². The summed E-state index contributed by atoms with van der Waals surface area (Å²) in [5, 5.41) is 9.02. The second kappa shape index (κ2) is 8.32. The molecule has 0 saturated heterocycles. The molecule has 136 valence electrons. The van der Waals surface area contributed by atoms with Gasteiger partial charge in [0.25, 0.3) is 0 Å². The average Bonchev–Trinajstić information content (AvgIpc) is 2.68. The Hall–Kier alpha value is -3.40. The molecule has 0 fully saturated rings. The van der Waals surface area contributed by atoms with Crippen LogP contribution in [0.4, 0.5) is 5.69 Å². The fraction of sp³-hybridized carbons (Fsp3) is 0.130. The molecule has 3 aromatic rings. The number of benzene rings is 2. The zero-order valence-corrected chi connectivity index (χ0v) is 15.5. The predicted octanol–water partition coefficient (Wildman–Crippen LogP) is 3.96. The fourth-order valence-corrected chi connectivity index (χ4v) is 2.80. The van der Waals surface area contributed by atoms with Crippen LogP contribution >= 0.6 is 0 Å². The Morgan fingerprint density at radius 3 is 2.30 bits per heavy atom. The van der Waals surface area contributed by atoms with E-state index < -0.39 is 5.97 Å². The predicted molar refractivity (Wildman–Crippen MR) is 109 cm³/mol. The highest BCUT2D eigenvalue weighted by Gasteiger charge is 2.09. The smallest absolute Gasteiger partial charge is 0.335 e. The van der Waals surface area contributed by atoms with Crippen LogP contribution in [0.5, 0.6) is 0 Å². The third-order valence-electron chi connectivity index (χ3n) is 4.39. The van der Waals surface area contributed by atoms with E-state index in [0.717, 1.165) is 16.8 Å². The highest BCUT2D eigenvalue weighted by molar-refractivity contribution is 5.87. The van der Waals surface area contributed by atoms with Gasteiger partial charge in [-0.2, -0.15) is 4.57 Å². The summed E-state index contributed by atoms with van der Waals surface area (Å²) in [5.41, 5.74) is 4.75. The molecule has 3 rings (SSSR count). The first-order valence-electron chi connectivity index (χ1n) is 8.79. The van der Waals surface area contributed by atoms with Gasteiger partial charge in [-0.1, -0.05) is 24.3 Å². The molecule has 0 unspecified atom stereocenters. The highest BCUT2D eigenvalue weighted by atomic mass is 16.4. The first-order valence-corrected chi connectivity index (χ1v) is 8.79. The van der Waals surface area contributed by atoms with E-state index >= 15 is 0 Å². The van der Waals surface area contributed by atoms with E-state index in [2.05, 4.69) is 52.0 Å². The number of carboxylic acids is 1. The summed E-state index contributed by atoms with van der Waals surface area (Å²) in [4.78, 5) is 13.1. The van der Waals surface area contributed by atoms with Crippen LogP contribution in [0.2, 0.25) is 0 Å². The van der Waals surface area contributed by atoms with Crippen LogP contribution in [0, 0.1) is 0 Å². The highest BCUT2D eigenvalue weighted by Crippen LogP contribution is 2.14. The minimum atomic E-state index is -0.905. The van der Waals surface area contributed by atoms with Gasteiger partial charge < -0.3 is 10.0 Å². The molecule has 0 saturated carbocycles. The Bertz CT molecular complexity index is 943. The van der Waals surface area contributed by atoms with Gasteiger partial charge in [0.05, 0.1) is 5.56 Å². The van der Waals surface area contributed by atoms with Gasteiger partial charge >= 0.3 is 5.97 Å². The van der Waals surface area contributed by atoms with Crippen LogP contribution in [-0.2, 0) is 6.54 Å². The van der Waals surface area contributed by atoms with Crippen molar-refractivity contribution in [3.8, 4) is 0 Å². The average molecular weight is 359 g/mol. The second-order valence-corrected chi connectivity index (χ2v) is 6.57. The molecule has 4 heteroatoms. The molecule has 27 heavy (non-hydrogen) atoms. The maximum Gasteiger partial charge on any atom is 0.335 e. The molecule has 0 aliphatic rings. The zero-order chi connectivity index (χ0) is 19.2. The fourth-order valence-electron chi connectivity index (χ4n) is 2.80. The molecular formula is C23H23N2O2+. The minimum absolute atomic E-state index is 0.304. The molecular weight excluding hydrogens is 336 g/mol. The van der Waals surface area contributed by atoms with Gasteiger partial charge in [-0.3, -0.25) is 0 Å². The Balaban J connectivity index is 1.78. The van der Waals surface area contributed by atoms with Crippen LogP contribution in [-0.4, -0.2) is 25.2 Å². The van der Waals surface area contributed by atoms with Gasteiger partial charge in [0, 0.05) is 43.6 Å². The van der Waals surface area contributed by atoms with Gasteiger partial charge in [-0.05, 0) is 42.0 Å². The molecule has 0 spiro atoms. The number of aromatic nitrogens is 1. The molecule has 0 aliphatic heterocycles. The monoisotopic (exact) mass is 359 g/mol. The molecule has 0 atom stereocenters. The van der Waals surface area contributed by atoms with E-state index in [0.29, 0.717) is 12.1 Å². The minimum Gasteiger partial charge on any atom is -0.478 e. The molecule has 0 amide bonds. The lowest BCUT2D eigenvalue weighted by molar-refractivity contribution is -0.690. The number of rotatable bonds is 6. The standard InChI is InChI=1S/C23H22N2O2/c1-24(2)21-13-8-18(9-14-21)10-15-22-5-3-4-16-25(22)17-19-6-11-20(12-7-19)23(26)27/h3-16H,17H2,1-2H3/p+1. The lowest BCUT2D eigenvalue weighted by Crippen LogP contribution is -2.36. The summed E-state index contributed by atoms with van der Waals surface area (Å²) in [7, 11) is 4.06. The normalized spacial score (nSPS) is 10.9. The lowest BCUT2D eigenvalue weighted by atomic mass is 10.1. The first-order chi connectivity index (χ1) is 13.0. The molecule has 0 radical (unpaired) electrons. The van der Waals surface area contributed by atoms with Crippen LogP contribution < -0.4 is 9.47 Å². The third-order valence-corrected chi connectivity index (χ3v) is 4.39. The SMILES string of the molecule is CN(C)c1ccc(/C=C/c2cccc[n+]2Cc2ccc(C(=O)O)cc2)cc1. The molecule has 2 aromatic carbocycles. The van der Waals surface area contributed by atoms with Gasteiger partial charge in [0.1, 0.15) is 0 Å². The van der Waals surface area contributed by atoms with Crippen molar-refractivity contribution in [3.63, 3.8) is 0 Å². The number of aromatic carboxylic acids is 1. The quantitative estimate of drug-likeness (QED) is 0.678. The van der Waals surface area contributed by atoms with Gasteiger partial charge in [0.15, 0.2) is 12.7 Å². The van der Waals surface area contributed by atoms with Gasteiger partial charge in [-0.25, -0.2) is 4.79 Å². The maximum atomic E-state index is 11.0. The van der Waals surface area contributed by atoms with Crippen molar-refractivity contribution < 1.29 is 14.5 Å². The maximum absolute atomic E-state index is 11.0. The summed E-state index contributed by atoms with van der Waals surface area (Å²) >= 11 is 0. The van der Waals surface area contributed by atoms with Crippen molar-refractivity contribution >= 4 is 23.8 Å². The van der Waals surface area contributed by atoms with E-state index in [-0.39, 0.29) is 0 Å². The summed E-state index contributed by atoms with van der Waals surface area (Å²) in [6.45, 7) is 0.681. The number of nitrogens with zero attached hydrogens (tertiary/aromatic N) is 2. The van der Waals surface area contributed by atoms with E-state index in [1.54, 1.807) is 12.1 Å². The molecule has 1 aromatic heterocycles. The second-order valence-electron chi connectivity index (χ2n) is 6.57. The molecule has 1 heterocycles. The Morgan fingerprint density at radius 1 is 0.963 bits per heavy atom. The van der Waals surface area contributed by atoms with Crippen molar-refractivity contribution in [3.05, 3.63) is 95.3 Å². The summed E-state index contributed by atoms with van der Waals surface area (Å²) in [5.74, 6) is -0.905. The molecule has 0 bridgehead atoms. The number of carbonyl (C=O) groups is 1. The molecule has 4 nitrogen and oxygen atoms in total. The molecule has 1 N–H and O–H groups in total. The first kappa shape index (κ1) is 18.4. The number of anilines is 1. The third kappa shape index (κ3) is 4.82. The lowest BCUT2D eigenvalue weighted by Gasteiger charge is -2.11. The van der Waals surface area contributed by atoms with E-state index in [1.165, 1.54) is 5.69 Å². The van der Waals surface area contributed by atoms with Crippen LogP contribution in [0.25, 0.3) is 12.2 Å². The van der Waals surface area contributed by atoms with Crippen LogP contribution in [0.15, 0.2) is 72.9 Å². The Kier molecular flexibility index (Phi) is 5.67. The van der Waals surface area contributed by atoms with Crippen molar-refractivity contribution in [2.75, 3.05) is 19.0 Å².